The van der Waals surface area contributed by atoms with Crippen LogP contribution >= 0.6 is 7.82 Å². The fourth-order valence-electron chi connectivity index (χ4n) is 7.68. The molecule has 63 heavy (non-hydrogen) atoms. The number of phosphoric ester groups is 1. The lowest BCUT2D eigenvalue weighted by molar-refractivity contribution is -0.870. The number of rotatable bonds is 48. The first-order valence-corrected chi connectivity index (χ1v) is 27.9. The molecule has 2 N–H and O–H groups in total. The van der Waals surface area contributed by atoms with Crippen molar-refractivity contribution in [1.29, 1.82) is 0 Å². The van der Waals surface area contributed by atoms with Gasteiger partial charge in [-0.2, -0.15) is 0 Å². The highest BCUT2D eigenvalue weighted by Crippen LogP contribution is 2.38. The summed E-state index contributed by atoms with van der Waals surface area (Å²) in [6.45, 7) is 4.62. The van der Waals surface area contributed by atoms with E-state index >= 15 is 0 Å². The van der Waals surface area contributed by atoms with Crippen molar-refractivity contribution < 1.29 is 32.9 Å². The number of carbonyl (C=O) groups excluding carboxylic acids is 1. The Labute approximate surface area is 390 Å². The molecule has 0 aliphatic rings. The predicted molar refractivity (Wildman–Crippen MR) is 270 cm³/mol. The molecule has 0 saturated heterocycles. The summed E-state index contributed by atoms with van der Waals surface area (Å²) in [6, 6.07) is -0.802. The second-order valence-corrected chi connectivity index (χ2v) is 20.6. The number of allylic oxidation sites excluding steroid dienone is 8. The molecule has 0 heterocycles. The zero-order valence-corrected chi connectivity index (χ0v) is 42.9. The van der Waals surface area contributed by atoms with Gasteiger partial charge in [-0.1, -0.05) is 229 Å². The summed E-state index contributed by atoms with van der Waals surface area (Å²) in [4.78, 5) is 25.5. The van der Waals surface area contributed by atoms with Crippen molar-refractivity contribution in [3.63, 3.8) is 0 Å². The van der Waals surface area contributed by atoms with Gasteiger partial charge in [0.15, 0.2) is 0 Å². The molecule has 0 bridgehead atoms. The number of hydrogen-bond donors (Lipinski definition) is 2. The molecule has 3 atom stereocenters. The van der Waals surface area contributed by atoms with Crippen LogP contribution in [0.3, 0.4) is 0 Å². The van der Waals surface area contributed by atoms with Crippen molar-refractivity contribution in [1.82, 2.24) is 5.32 Å². The van der Waals surface area contributed by atoms with E-state index in [1.165, 1.54) is 148 Å². The molecule has 0 aliphatic heterocycles. The van der Waals surface area contributed by atoms with Crippen LogP contribution in [0.15, 0.2) is 48.6 Å². The lowest BCUT2D eigenvalue weighted by Crippen LogP contribution is -2.46. The molecule has 0 spiro atoms. The van der Waals surface area contributed by atoms with Crippen molar-refractivity contribution in [3.8, 4) is 0 Å². The zero-order valence-electron chi connectivity index (χ0n) is 42.0. The number of nitrogens with zero attached hydrogens (tertiary/aromatic N) is 1. The van der Waals surface area contributed by atoms with Gasteiger partial charge in [-0.25, -0.2) is 0 Å². The average molecular weight is 907 g/mol. The first-order chi connectivity index (χ1) is 30.5. The minimum Gasteiger partial charge on any atom is -0.756 e. The summed E-state index contributed by atoms with van der Waals surface area (Å²) in [7, 11) is 1.30. The van der Waals surface area contributed by atoms with Gasteiger partial charge >= 0.3 is 0 Å². The second kappa shape index (κ2) is 45.6. The largest absolute Gasteiger partial charge is 0.756 e. The number of aliphatic hydroxyl groups is 1. The molecule has 0 aromatic heterocycles. The fraction of sp³-hybridized carbons (Fsp3) is 0.833. The highest BCUT2D eigenvalue weighted by molar-refractivity contribution is 7.45. The monoisotopic (exact) mass is 907 g/mol. The minimum absolute atomic E-state index is 0.0112. The number of amides is 1. The van der Waals surface area contributed by atoms with Crippen molar-refractivity contribution in [2.45, 2.75) is 251 Å². The third-order valence-corrected chi connectivity index (χ3v) is 12.8. The SMILES string of the molecule is CC/C=C\C/C=C\C/C=C\C/C=C\CCCCCCCCCCCCCCC(=O)NC(COP(=O)([O-])OCC[N+](C)(C)C)C(O)CCCCCCCCCCCCCCCCCC. The molecule has 1 amide bonds. The van der Waals surface area contributed by atoms with Crippen molar-refractivity contribution in [2.75, 3.05) is 40.9 Å². The third-order valence-electron chi connectivity index (χ3n) is 11.8. The van der Waals surface area contributed by atoms with Gasteiger partial charge < -0.3 is 28.8 Å². The lowest BCUT2D eigenvalue weighted by Gasteiger charge is -2.30. The van der Waals surface area contributed by atoms with Crippen LogP contribution in [0.25, 0.3) is 0 Å². The molecule has 0 fully saturated rings. The van der Waals surface area contributed by atoms with Crippen LogP contribution in [-0.4, -0.2) is 68.5 Å². The zero-order chi connectivity index (χ0) is 46.4. The minimum atomic E-state index is -4.57. The van der Waals surface area contributed by atoms with Gasteiger partial charge in [0.25, 0.3) is 7.82 Å². The summed E-state index contributed by atoms with van der Waals surface area (Å²) < 4.78 is 23.4. The Kier molecular flexibility index (Phi) is 44.5. The molecular weight excluding hydrogens is 804 g/mol. The highest BCUT2D eigenvalue weighted by atomic mass is 31.2. The topological polar surface area (TPSA) is 108 Å². The van der Waals surface area contributed by atoms with Gasteiger partial charge in [-0.3, -0.25) is 9.36 Å². The van der Waals surface area contributed by atoms with Crippen LogP contribution in [0, 0.1) is 0 Å². The number of unbranched alkanes of at least 4 members (excludes halogenated alkanes) is 27. The molecule has 9 heteroatoms. The number of hydrogen-bond acceptors (Lipinski definition) is 6. The molecule has 3 unspecified atom stereocenters. The van der Waals surface area contributed by atoms with Gasteiger partial charge in [0.2, 0.25) is 5.91 Å². The van der Waals surface area contributed by atoms with E-state index in [1.807, 2.05) is 21.1 Å². The third kappa shape index (κ3) is 48.2. The molecule has 0 aromatic rings. The maximum absolute atomic E-state index is 13.0. The maximum atomic E-state index is 13.0. The number of aliphatic hydroxyl groups excluding tert-OH is 1. The molecule has 0 rings (SSSR count). The predicted octanol–water partition coefficient (Wildman–Crippen LogP) is 15.0. The van der Waals surface area contributed by atoms with E-state index in [1.54, 1.807) is 0 Å². The maximum Gasteiger partial charge on any atom is 0.268 e. The Morgan fingerprint density at radius 1 is 0.571 bits per heavy atom. The van der Waals surface area contributed by atoms with Crippen LogP contribution < -0.4 is 10.2 Å². The van der Waals surface area contributed by atoms with E-state index in [-0.39, 0.29) is 19.1 Å². The van der Waals surface area contributed by atoms with Gasteiger partial charge in [-0.05, 0) is 51.4 Å². The smallest absolute Gasteiger partial charge is 0.268 e. The van der Waals surface area contributed by atoms with E-state index in [9.17, 15) is 19.4 Å². The fourth-order valence-corrected chi connectivity index (χ4v) is 8.40. The van der Waals surface area contributed by atoms with E-state index in [4.69, 9.17) is 9.05 Å². The summed E-state index contributed by atoms with van der Waals surface area (Å²) >= 11 is 0. The van der Waals surface area contributed by atoms with E-state index < -0.39 is 20.0 Å². The van der Waals surface area contributed by atoms with E-state index in [0.717, 1.165) is 64.2 Å². The summed E-state index contributed by atoms with van der Waals surface area (Å²) in [5, 5.41) is 14.0. The molecule has 0 radical (unpaired) electrons. The number of nitrogens with one attached hydrogen (secondary N) is 1. The highest BCUT2D eigenvalue weighted by Gasteiger charge is 2.24. The van der Waals surface area contributed by atoms with Crippen LogP contribution in [0.1, 0.15) is 239 Å². The first-order valence-electron chi connectivity index (χ1n) is 26.5. The summed E-state index contributed by atoms with van der Waals surface area (Å²) in [5.41, 5.74) is 0. The lowest BCUT2D eigenvalue weighted by atomic mass is 10.0. The number of likely N-dealkylation sites (N-methyl/N-ethyl adjacent to an activating group) is 1. The molecule has 0 aromatic carbocycles. The molecule has 0 aliphatic carbocycles. The van der Waals surface area contributed by atoms with Gasteiger partial charge in [0, 0.05) is 6.42 Å². The van der Waals surface area contributed by atoms with E-state index in [0.29, 0.717) is 23.9 Å². The summed E-state index contributed by atoms with van der Waals surface area (Å²) in [5.74, 6) is -0.167. The Bertz CT molecular complexity index is 1170. The molecule has 370 valence electrons. The summed E-state index contributed by atoms with van der Waals surface area (Å²) in [6.07, 6.45) is 58.4. The number of quaternary nitrogens is 1. The normalized spacial score (nSPS) is 14.5. The van der Waals surface area contributed by atoms with Crippen molar-refractivity contribution in [2.24, 2.45) is 0 Å². The molecular formula is C54H103N2O6P. The van der Waals surface area contributed by atoms with Crippen molar-refractivity contribution in [3.05, 3.63) is 48.6 Å². The Morgan fingerprint density at radius 2 is 0.968 bits per heavy atom. The molecule has 8 nitrogen and oxygen atoms in total. The van der Waals surface area contributed by atoms with Crippen molar-refractivity contribution >= 4 is 13.7 Å². The Hall–Kier alpha value is -1.54. The van der Waals surface area contributed by atoms with E-state index in [2.05, 4.69) is 67.8 Å². The standard InChI is InChI=1S/C54H103N2O6P/c1-6-8-10-12-14-16-18-20-22-24-25-26-27-28-29-30-31-32-34-36-38-40-42-44-46-48-54(58)55-52(51-62-63(59,60)61-50-49-56(3,4)5)53(57)47-45-43-41-39-37-35-33-23-21-19-17-15-13-11-9-7-2/h8,10,14,16,20,22,25-26,52-53,57H,6-7,9,11-13,15,17-19,21,23-24,27-51H2,1-5H3,(H-,55,58,59,60)/b10-8-,16-14-,22-20-,26-25-. The average Bonchev–Trinajstić information content (AvgIpc) is 3.24. The van der Waals surface area contributed by atoms with Gasteiger partial charge in [0.05, 0.1) is 39.9 Å². The molecule has 0 saturated carbocycles. The Morgan fingerprint density at radius 3 is 1.41 bits per heavy atom. The number of carbonyl (C=O) groups is 1. The van der Waals surface area contributed by atoms with Crippen LogP contribution in [0.5, 0.6) is 0 Å². The van der Waals surface area contributed by atoms with Gasteiger partial charge in [0.1, 0.15) is 13.2 Å². The van der Waals surface area contributed by atoms with Crippen LogP contribution in [-0.2, 0) is 18.4 Å². The van der Waals surface area contributed by atoms with Crippen LogP contribution in [0.2, 0.25) is 0 Å². The number of phosphoric acid groups is 1. The Balaban J connectivity index is 4.20. The first kappa shape index (κ1) is 61.5. The quantitative estimate of drug-likeness (QED) is 0.0272. The second-order valence-electron chi connectivity index (χ2n) is 19.2. The van der Waals surface area contributed by atoms with Crippen LogP contribution in [0.4, 0.5) is 0 Å². The van der Waals surface area contributed by atoms with Gasteiger partial charge in [-0.15, -0.1) is 0 Å².